The van der Waals surface area contributed by atoms with Gasteiger partial charge in [0, 0.05) is 36.8 Å². The van der Waals surface area contributed by atoms with Crippen LogP contribution in [0.5, 0.6) is 5.75 Å². The molecule has 0 radical (unpaired) electrons. The summed E-state index contributed by atoms with van der Waals surface area (Å²) in [4.78, 5) is 2.58. The topological polar surface area (TPSA) is 24.5 Å². The van der Waals surface area contributed by atoms with E-state index in [1.54, 1.807) is 0 Å². The number of piperidine rings is 1. The van der Waals surface area contributed by atoms with Crippen molar-refractivity contribution in [3.8, 4) is 5.75 Å². The van der Waals surface area contributed by atoms with Gasteiger partial charge in [0.25, 0.3) is 0 Å². The summed E-state index contributed by atoms with van der Waals surface area (Å²) in [7, 11) is 0. The third kappa shape index (κ3) is 4.72. The monoisotopic (exact) mass is 290 g/mol. The van der Waals surface area contributed by atoms with Crippen LogP contribution in [-0.4, -0.2) is 36.2 Å². The molecule has 0 aliphatic carbocycles. The van der Waals surface area contributed by atoms with E-state index in [0.29, 0.717) is 11.6 Å². The van der Waals surface area contributed by atoms with Crippen molar-refractivity contribution < 1.29 is 4.74 Å². The first-order valence-electron chi connectivity index (χ1n) is 8.20. The van der Waals surface area contributed by atoms with Crippen molar-refractivity contribution in [3.63, 3.8) is 0 Å². The van der Waals surface area contributed by atoms with E-state index in [9.17, 15) is 0 Å². The molecule has 118 valence electrons. The van der Waals surface area contributed by atoms with Crippen LogP contribution in [0, 0.1) is 0 Å². The van der Waals surface area contributed by atoms with Crippen molar-refractivity contribution in [1.82, 2.24) is 10.2 Å². The lowest BCUT2D eigenvalue weighted by atomic mass is 9.98. The maximum absolute atomic E-state index is 5.69. The molecule has 1 aliphatic heterocycles. The second-order valence-corrected chi connectivity index (χ2v) is 6.85. The predicted molar refractivity (Wildman–Crippen MR) is 88.8 cm³/mol. The Labute approximate surface area is 129 Å². The Morgan fingerprint density at radius 3 is 2.48 bits per heavy atom. The molecule has 3 heteroatoms. The minimum Gasteiger partial charge on any atom is -0.494 e. The van der Waals surface area contributed by atoms with E-state index in [1.165, 1.54) is 31.5 Å². The van der Waals surface area contributed by atoms with Crippen molar-refractivity contribution in [2.75, 3.05) is 19.7 Å². The van der Waals surface area contributed by atoms with Crippen LogP contribution in [0.15, 0.2) is 24.3 Å². The second kappa shape index (κ2) is 7.28. The van der Waals surface area contributed by atoms with E-state index in [4.69, 9.17) is 4.74 Å². The van der Waals surface area contributed by atoms with Gasteiger partial charge >= 0.3 is 0 Å². The van der Waals surface area contributed by atoms with Crippen LogP contribution < -0.4 is 10.1 Å². The van der Waals surface area contributed by atoms with Gasteiger partial charge in [-0.05, 0) is 46.6 Å². The van der Waals surface area contributed by atoms with Crippen molar-refractivity contribution >= 4 is 0 Å². The average molecular weight is 290 g/mol. The molecule has 3 nitrogen and oxygen atoms in total. The van der Waals surface area contributed by atoms with Gasteiger partial charge in [0.15, 0.2) is 0 Å². The van der Waals surface area contributed by atoms with Crippen molar-refractivity contribution in [3.05, 3.63) is 29.8 Å². The minimum atomic E-state index is 0.298. The van der Waals surface area contributed by atoms with Gasteiger partial charge in [0.1, 0.15) is 5.75 Å². The van der Waals surface area contributed by atoms with Crippen LogP contribution in [0.25, 0.3) is 0 Å². The average Bonchev–Trinajstić information content (AvgIpc) is 2.46. The lowest BCUT2D eigenvalue weighted by Crippen LogP contribution is -2.49. The Bertz CT molecular complexity index is 431. The molecule has 1 fully saturated rings. The standard InChI is InChI=1S/C18H30N2O/c1-5-21-17-9-7-6-8-15(17)14-19-16-10-12-20(13-11-16)18(2,3)4/h6-9,16,19H,5,10-14H2,1-4H3. The minimum absolute atomic E-state index is 0.298. The fraction of sp³-hybridized carbons (Fsp3) is 0.667. The van der Waals surface area contributed by atoms with E-state index in [-0.39, 0.29) is 0 Å². The molecule has 21 heavy (non-hydrogen) atoms. The molecule has 1 heterocycles. The molecule has 1 aromatic carbocycles. The van der Waals surface area contributed by atoms with E-state index >= 15 is 0 Å². The Balaban J connectivity index is 1.82. The molecule has 2 rings (SSSR count). The number of benzene rings is 1. The summed E-state index contributed by atoms with van der Waals surface area (Å²) in [5, 5.41) is 3.70. The van der Waals surface area contributed by atoms with Crippen molar-refractivity contribution in [2.45, 2.75) is 58.7 Å². The van der Waals surface area contributed by atoms with Gasteiger partial charge < -0.3 is 10.1 Å². The number of hydrogen-bond donors (Lipinski definition) is 1. The van der Waals surface area contributed by atoms with Gasteiger partial charge in [-0.1, -0.05) is 18.2 Å². The van der Waals surface area contributed by atoms with Crippen LogP contribution in [-0.2, 0) is 6.54 Å². The zero-order valence-electron chi connectivity index (χ0n) is 14.0. The summed E-state index contributed by atoms with van der Waals surface area (Å²) in [6.07, 6.45) is 2.46. The zero-order chi connectivity index (χ0) is 15.3. The Hall–Kier alpha value is -1.06. The highest BCUT2D eigenvalue weighted by Crippen LogP contribution is 2.22. The van der Waals surface area contributed by atoms with Crippen molar-refractivity contribution in [2.24, 2.45) is 0 Å². The SMILES string of the molecule is CCOc1ccccc1CNC1CCN(C(C)(C)C)CC1. The number of rotatable bonds is 5. The van der Waals surface area contributed by atoms with Gasteiger partial charge in [-0.25, -0.2) is 0 Å². The van der Waals surface area contributed by atoms with Gasteiger partial charge in [-0.3, -0.25) is 4.90 Å². The Morgan fingerprint density at radius 1 is 1.19 bits per heavy atom. The van der Waals surface area contributed by atoms with Gasteiger partial charge in [-0.15, -0.1) is 0 Å². The van der Waals surface area contributed by atoms with Gasteiger partial charge in [-0.2, -0.15) is 0 Å². The molecule has 1 saturated heterocycles. The Morgan fingerprint density at radius 2 is 1.86 bits per heavy atom. The summed E-state index contributed by atoms with van der Waals surface area (Å²) in [5.74, 6) is 1.01. The summed E-state index contributed by atoms with van der Waals surface area (Å²) in [6, 6.07) is 8.96. The molecule has 1 aliphatic rings. The molecular weight excluding hydrogens is 260 g/mol. The van der Waals surface area contributed by atoms with Crippen LogP contribution in [0.2, 0.25) is 0 Å². The fourth-order valence-electron chi connectivity index (χ4n) is 2.95. The largest absolute Gasteiger partial charge is 0.494 e. The second-order valence-electron chi connectivity index (χ2n) is 6.85. The lowest BCUT2D eigenvalue weighted by molar-refractivity contribution is 0.0960. The highest BCUT2D eigenvalue weighted by molar-refractivity contribution is 5.33. The summed E-state index contributed by atoms with van der Waals surface area (Å²) in [6.45, 7) is 12.9. The molecule has 1 aromatic rings. The Kier molecular flexibility index (Phi) is 5.65. The molecule has 0 amide bonds. The molecular formula is C18H30N2O. The predicted octanol–water partition coefficient (Wildman–Crippen LogP) is 3.44. The third-order valence-electron chi connectivity index (χ3n) is 4.30. The van der Waals surface area contributed by atoms with Crippen LogP contribution in [0.4, 0.5) is 0 Å². The number of hydrogen-bond acceptors (Lipinski definition) is 3. The number of ether oxygens (including phenoxy) is 1. The number of para-hydroxylation sites is 1. The van der Waals surface area contributed by atoms with E-state index < -0.39 is 0 Å². The molecule has 0 bridgehead atoms. The maximum Gasteiger partial charge on any atom is 0.123 e. The molecule has 1 N–H and O–H groups in total. The molecule has 0 atom stereocenters. The van der Waals surface area contributed by atoms with Gasteiger partial charge in [0.2, 0.25) is 0 Å². The molecule has 0 saturated carbocycles. The van der Waals surface area contributed by atoms with E-state index in [0.717, 1.165) is 18.9 Å². The summed E-state index contributed by atoms with van der Waals surface area (Å²) < 4.78 is 5.69. The van der Waals surface area contributed by atoms with Crippen LogP contribution >= 0.6 is 0 Å². The first kappa shape index (κ1) is 16.3. The maximum atomic E-state index is 5.69. The lowest BCUT2D eigenvalue weighted by Gasteiger charge is -2.41. The molecule has 0 aromatic heterocycles. The first-order valence-corrected chi connectivity index (χ1v) is 8.20. The van der Waals surface area contributed by atoms with Gasteiger partial charge in [0.05, 0.1) is 6.61 Å². The third-order valence-corrected chi connectivity index (χ3v) is 4.30. The van der Waals surface area contributed by atoms with E-state index in [2.05, 4.69) is 49.2 Å². The fourth-order valence-corrected chi connectivity index (χ4v) is 2.95. The normalized spacial score (nSPS) is 17.9. The van der Waals surface area contributed by atoms with Crippen LogP contribution in [0.1, 0.15) is 46.1 Å². The number of nitrogens with one attached hydrogen (secondary N) is 1. The number of nitrogens with zero attached hydrogens (tertiary/aromatic N) is 1. The smallest absolute Gasteiger partial charge is 0.123 e. The van der Waals surface area contributed by atoms with E-state index in [1.807, 2.05) is 13.0 Å². The molecule has 0 spiro atoms. The zero-order valence-corrected chi connectivity index (χ0v) is 14.0. The summed E-state index contributed by atoms with van der Waals surface area (Å²) in [5.41, 5.74) is 1.56. The highest BCUT2D eigenvalue weighted by atomic mass is 16.5. The first-order chi connectivity index (χ1) is 10.0. The highest BCUT2D eigenvalue weighted by Gasteiger charge is 2.26. The summed E-state index contributed by atoms with van der Waals surface area (Å²) >= 11 is 0. The number of likely N-dealkylation sites (tertiary alicyclic amines) is 1. The molecule has 0 unspecified atom stereocenters. The quantitative estimate of drug-likeness (QED) is 0.899. The van der Waals surface area contributed by atoms with Crippen LogP contribution in [0.3, 0.4) is 0 Å². The van der Waals surface area contributed by atoms with Crippen molar-refractivity contribution in [1.29, 1.82) is 0 Å².